The average molecular weight is 459 g/mol. The third-order valence-electron chi connectivity index (χ3n) is 4.19. The van der Waals surface area contributed by atoms with Crippen LogP contribution in [0.2, 0.25) is 0 Å². The third-order valence-corrected chi connectivity index (χ3v) is 4.19. The van der Waals surface area contributed by atoms with E-state index in [1.165, 1.54) is 12.1 Å². The summed E-state index contributed by atoms with van der Waals surface area (Å²) >= 11 is 0. The molecule has 0 aliphatic rings. The van der Waals surface area contributed by atoms with Crippen molar-refractivity contribution < 1.29 is 30.7 Å². The minimum Gasteiger partial charge on any atom is -0.372 e. The summed E-state index contributed by atoms with van der Waals surface area (Å²) in [5.41, 5.74) is -2.48. The molecule has 2 rings (SSSR count). The van der Waals surface area contributed by atoms with Crippen molar-refractivity contribution in [2.75, 3.05) is 18.0 Å². The number of benzene rings is 2. The summed E-state index contributed by atoms with van der Waals surface area (Å²) in [5, 5.41) is 17.1. The van der Waals surface area contributed by atoms with Gasteiger partial charge in [-0.3, -0.25) is 0 Å². The molecule has 0 radical (unpaired) electrons. The molecule has 3 nitrogen and oxygen atoms in total. The highest BCUT2D eigenvalue weighted by Gasteiger charge is 2.34. The van der Waals surface area contributed by atoms with E-state index < -0.39 is 34.9 Å². The Kier molecular flexibility index (Phi) is 9.52. The van der Waals surface area contributed by atoms with Gasteiger partial charge in [0, 0.05) is 18.8 Å². The Hall–Kier alpha value is -3.27. The van der Waals surface area contributed by atoms with E-state index in [-0.39, 0.29) is 5.56 Å². The molecule has 0 fully saturated rings. The number of hydrogen-bond donors (Lipinski definition) is 0. The van der Waals surface area contributed by atoms with Crippen LogP contribution in [-0.4, -0.2) is 13.1 Å². The van der Waals surface area contributed by atoms with Gasteiger partial charge in [0.2, 0.25) is 0 Å². The summed E-state index contributed by atoms with van der Waals surface area (Å²) in [7, 11) is 0. The molecule has 0 N–H and O–H groups in total. The number of hydrogen-bond acceptors (Lipinski definition) is 3. The standard InChI is InChI=1S/C14H17F3N2.C8H3F4N/c1-3-7-19(8-4-2)12-6-5-11(10-18)13(9-12)14(15,16)17;9-6-2-1-5(4-13)7(3-6)8(10,11)12/h5-6,9H,3-4,7-8H2,1-2H3;1-3H. The number of nitrogens with zero attached hydrogens (tertiary/aromatic N) is 3. The minimum atomic E-state index is -4.69. The molecule has 0 spiro atoms. The number of nitriles is 2. The molecule has 0 unspecified atom stereocenters. The first-order valence-electron chi connectivity index (χ1n) is 9.52. The fraction of sp³-hybridized carbons (Fsp3) is 0.364. The quantitative estimate of drug-likeness (QED) is 0.456. The lowest BCUT2D eigenvalue weighted by atomic mass is 10.1. The monoisotopic (exact) mass is 459 g/mol. The molecule has 10 heteroatoms. The predicted octanol–water partition coefficient (Wildman–Crippen LogP) is 6.92. The Morgan fingerprint density at radius 1 is 0.750 bits per heavy atom. The molecule has 0 aliphatic carbocycles. The van der Waals surface area contributed by atoms with Crippen LogP contribution in [0, 0.1) is 28.5 Å². The van der Waals surface area contributed by atoms with Gasteiger partial charge in [-0.05, 0) is 49.2 Å². The highest BCUT2D eigenvalue weighted by atomic mass is 19.4. The van der Waals surface area contributed by atoms with E-state index in [0.29, 0.717) is 24.8 Å². The largest absolute Gasteiger partial charge is 0.417 e. The molecule has 32 heavy (non-hydrogen) atoms. The van der Waals surface area contributed by atoms with Crippen molar-refractivity contribution in [2.45, 2.75) is 39.0 Å². The lowest BCUT2D eigenvalue weighted by Crippen LogP contribution is -2.25. The molecule has 2 aromatic rings. The van der Waals surface area contributed by atoms with Crippen LogP contribution in [0.4, 0.5) is 36.4 Å². The Morgan fingerprint density at radius 2 is 1.19 bits per heavy atom. The zero-order valence-electron chi connectivity index (χ0n) is 17.3. The fourth-order valence-corrected chi connectivity index (χ4v) is 2.82. The van der Waals surface area contributed by atoms with Crippen molar-refractivity contribution >= 4 is 5.69 Å². The molecule has 0 amide bonds. The van der Waals surface area contributed by atoms with Gasteiger partial charge in [0.05, 0.1) is 34.4 Å². The van der Waals surface area contributed by atoms with Crippen LogP contribution in [0.25, 0.3) is 0 Å². The number of rotatable bonds is 5. The highest BCUT2D eigenvalue weighted by molar-refractivity contribution is 5.54. The van der Waals surface area contributed by atoms with Crippen LogP contribution in [0.3, 0.4) is 0 Å². The van der Waals surface area contributed by atoms with E-state index in [1.807, 2.05) is 18.7 Å². The van der Waals surface area contributed by atoms with Gasteiger partial charge in [-0.25, -0.2) is 4.39 Å². The summed E-state index contributed by atoms with van der Waals surface area (Å²) in [6.07, 6.45) is -7.46. The molecular formula is C22H20F7N3. The molecule has 0 atom stereocenters. The van der Waals surface area contributed by atoms with Gasteiger partial charge in [0.15, 0.2) is 0 Å². The van der Waals surface area contributed by atoms with E-state index in [4.69, 9.17) is 10.5 Å². The van der Waals surface area contributed by atoms with Gasteiger partial charge >= 0.3 is 12.4 Å². The molecule has 0 heterocycles. The van der Waals surface area contributed by atoms with E-state index in [9.17, 15) is 30.7 Å². The zero-order valence-corrected chi connectivity index (χ0v) is 17.3. The van der Waals surface area contributed by atoms with Crippen molar-refractivity contribution in [3.8, 4) is 12.1 Å². The van der Waals surface area contributed by atoms with Gasteiger partial charge in [-0.2, -0.15) is 36.9 Å². The van der Waals surface area contributed by atoms with Crippen LogP contribution >= 0.6 is 0 Å². The smallest absolute Gasteiger partial charge is 0.372 e. The third kappa shape index (κ3) is 7.45. The van der Waals surface area contributed by atoms with Crippen molar-refractivity contribution in [3.05, 3.63) is 64.5 Å². The van der Waals surface area contributed by atoms with Crippen molar-refractivity contribution in [1.29, 1.82) is 10.5 Å². The first kappa shape index (κ1) is 26.8. The molecular weight excluding hydrogens is 439 g/mol. The molecule has 0 aromatic heterocycles. The topological polar surface area (TPSA) is 50.8 Å². The molecule has 0 bridgehead atoms. The fourth-order valence-electron chi connectivity index (χ4n) is 2.82. The van der Waals surface area contributed by atoms with Crippen molar-refractivity contribution in [2.24, 2.45) is 0 Å². The number of anilines is 1. The van der Waals surface area contributed by atoms with E-state index in [1.54, 1.807) is 12.1 Å². The summed E-state index contributed by atoms with van der Waals surface area (Å²) in [4.78, 5) is 1.91. The summed E-state index contributed by atoms with van der Waals surface area (Å²) in [5.74, 6) is -1.01. The molecule has 2 aromatic carbocycles. The lowest BCUT2D eigenvalue weighted by Gasteiger charge is -2.25. The van der Waals surface area contributed by atoms with Gasteiger partial charge in [-0.1, -0.05) is 13.8 Å². The molecule has 0 saturated carbocycles. The van der Waals surface area contributed by atoms with Gasteiger partial charge in [-0.15, -0.1) is 0 Å². The maximum Gasteiger partial charge on any atom is 0.417 e. The second-order valence-corrected chi connectivity index (χ2v) is 6.63. The Balaban J connectivity index is 0.000000343. The summed E-state index contributed by atoms with van der Waals surface area (Å²) in [6, 6.07) is 8.76. The van der Waals surface area contributed by atoms with Crippen LogP contribution < -0.4 is 4.90 Å². The maximum absolute atomic E-state index is 12.9. The molecule has 0 saturated heterocycles. The van der Waals surface area contributed by atoms with Crippen molar-refractivity contribution in [1.82, 2.24) is 0 Å². The first-order chi connectivity index (χ1) is 14.9. The molecule has 172 valence electrons. The Labute approximate surface area is 181 Å². The van der Waals surface area contributed by atoms with Crippen LogP contribution in [0.1, 0.15) is 48.9 Å². The van der Waals surface area contributed by atoms with Crippen LogP contribution in [0.15, 0.2) is 36.4 Å². The SMILES string of the molecule is CCCN(CCC)c1ccc(C#N)c(C(F)(F)F)c1.N#Cc1ccc(F)cc1C(F)(F)F. The maximum atomic E-state index is 12.9. The normalized spacial score (nSPS) is 11.1. The number of alkyl halides is 6. The van der Waals surface area contributed by atoms with Crippen LogP contribution in [0.5, 0.6) is 0 Å². The van der Waals surface area contributed by atoms with Gasteiger partial charge in [0.25, 0.3) is 0 Å². The second-order valence-electron chi connectivity index (χ2n) is 6.63. The Morgan fingerprint density at radius 3 is 1.59 bits per heavy atom. The van der Waals surface area contributed by atoms with Gasteiger partial charge in [0.1, 0.15) is 5.82 Å². The van der Waals surface area contributed by atoms with E-state index in [0.717, 1.165) is 31.0 Å². The second kappa shape index (κ2) is 11.4. The predicted molar refractivity (Wildman–Crippen MR) is 105 cm³/mol. The summed E-state index contributed by atoms with van der Waals surface area (Å²) < 4.78 is 87.3. The minimum absolute atomic E-state index is 0.304. The van der Waals surface area contributed by atoms with Gasteiger partial charge < -0.3 is 4.90 Å². The number of halogens is 7. The lowest BCUT2D eigenvalue weighted by molar-refractivity contribution is -0.138. The Bertz CT molecular complexity index is 977. The summed E-state index contributed by atoms with van der Waals surface area (Å²) in [6.45, 7) is 5.38. The zero-order chi connectivity index (χ0) is 24.5. The highest BCUT2D eigenvalue weighted by Crippen LogP contribution is 2.34. The van der Waals surface area contributed by atoms with E-state index >= 15 is 0 Å². The average Bonchev–Trinajstić information content (AvgIpc) is 2.72. The van der Waals surface area contributed by atoms with Crippen LogP contribution in [-0.2, 0) is 12.4 Å². The first-order valence-corrected chi connectivity index (χ1v) is 9.52. The van der Waals surface area contributed by atoms with Crippen molar-refractivity contribution in [3.63, 3.8) is 0 Å². The molecule has 0 aliphatic heterocycles. The van der Waals surface area contributed by atoms with E-state index in [2.05, 4.69) is 0 Å².